The van der Waals surface area contributed by atoms with Crippen molar-refractivity contribution in [2.75, 3.05) is 18.4 Å². The van der Waals surface area contributed by atoms with Gasteiger partial charge in [-0.05, 0) is 68.0 Å². The number of anilines is 1. The van der Waals surface area contributed by atoms with Crippen LogP contribution in [0.25, 0.3) is 0 Å². The van der Waals surface area contributed by atoms with Gasteiger partial charge in [0.05, 0.1) is 11.0 Å². The predicted octanol–water partition coefficient (Wildman–Crippen LogP) is 4.35. The van der Waals surface area contributed by atoms with Crippen molar-refractivity contribution in [2.24, 2.45) is 0 Å². The van der Waals surface area contributed by atoms with Gasteiger partial charge in [0.1, 0.15) is 5.75 Å². The minimum Gasteiger partial charge on any atom is -0.491 e. The third kappa shape index (κ3) is 7.52. The zero-order valence-electron chi connectivity index (χ0n) is 18.8. The first-order chi connectivity index (χ1) is 15.7. The summed E-state index contributed by atoms with van der Waals surface area (Å²) < 4.78 is 32.6. The summed E-state index contributed by atoms with van der Waals surface area (Å²) in [6.45, 7) is 11.5. The maximum Gasteiger partial charge on any atom is 0.257 e. The lowest BCUT2D eigenvalue weighted by Crippen LogP contribution is -2.34. The predicted molar refractivity (Wildman–Crippen MR) is 136 cm³/mol. The van der Waals surface area contributed by atoms with Gasteiger partial charge < -0.3 is 10.1 Å². The Hall–Kier alpha value is -3.01. The third-order valence-corrected chi connectivity index (χ3v) is 6.70. The number of hydrogen-bond donors (Lipinski definition) is 2. The monoisotopic (exact) mass is 487 g/mol. The van der Waals surface area contributed by atoms with E-state index in [1.54, 1.807) is 36.4 Å². The van der Waals surface area contributed by atoms with Crippen LogP contribution in [0, 0.1) is 0 Å². The molecule has 0 radical (unpaired) electrons. The Morgan fingerprint density at radius 1 is 1.15 bits per heavy atom. The van der Waals surface area contributed by atoms with Gasteiger partial charge in [-0.1, -0.05) is 25.1 Å². The van der Waals surface area contributed by atoms with Gasteiger partial charge in [0, 0.05) is 24.3 Å². The molecule has 9 heteroatoms. The minimum atomic E-state index is -3.69. The lowest BCUT2D eigenvalue weighted by Gasteiger charge is -2.19. The van der Waals surface area contributed by atoms with Crippen molar-refractivity contribution in [3.63, 3.8) is 0 Å². The zero-order chi connectivity index (χ0) is 24.4. The largest absolute Gasteiger partial charge is 0.491 e. The number of nitrogens with one attached hydrogen (secondary N) is 2. The van der Waals surface area contributed by atoms with Crippen LogP contribution in [0.4, 0.5) is 5.69 Å². The fraction of sp³-hybridized carbons (Fsp3) is 0.250. The second kappa shape index (κ2) is 12.3. The Morgan fingerprint density at radius 2 is 1.79 bits per heavy atom. The molecule has 2 N–H and O–H groups in total. The number of sulfonamides is 1. The van der Waals surface area contributed by atoms with Crippen LogP contribution in [-0.2, 0) is 10.0 Å². The SMILES string of the molecule is C=CCN(CC=C)S(=O)(=O)c1ccc(NC(=S)NC(=O)c2cccc(OC(C)CC)c2)cc1. The van der Waals surface area contributed by atoms with Crippen LogP contribution >= 0.6 is 12.2 Å². The van der Waals surface area contributed by atoms with Crippen molar-refractivity contribution in [1.29, 1.82) is 0 Å². The van der Waals surface area contributed by atoms with Gasteiger partial charge in [-0.15, -0.1) is 13.2 Å². The van der Waals surface area contributed by atoms with Crippen LogP contribution in [-0.4, -0.2) is 42.9 Å². The Kier molecular flexibility index (Phi) is 9.77. The molecule has 0 saturated carbocycles. The molecule has 7 nitrogen and oxygen atoms in total. The van der Waals surface area contributed by atoms with E-state index in [2.05, 4.69) is 23.8 Å². The third-order valence-electron chi connectivity index (χ3n) is 4.65. The average molecular weight is 488 g/mol. The maximum atomic E-state index is 12.8. The molecule has 176 valence electrons. The van der Waals surface area contributed by atoms with Crippen LogP contribution < -0.4 is 15.4 Å². The lowest BCUT2D eigenvalue weighted by molar-refractivity contribution is 0.0977. The molecular formula is C24H29N3O4S2. The first-order valence-electron chi connectivity index (χ1n) is 10.4. The molecule has 0 saturated heterocycles. The van der Waals surface area contributed by atoms with Crippen molar-refractivity contribution in [2.45, 2.75) is 31.3 Å². The number of benzene rings is 2. The number of ether oxygens (including phenoxy) is 1. The highest BCUT2D eigenvalue weighted by atomic mass is 32.2. The van der Waals surface area contributed by atoms with Gasteiger partial charge in [-0.25, -0.2) is 8.42 Å². The molecule has 0 aromatic heterocycles. The fourth-order valence-corrected chi connectivity index (χ4v) is 4.37. The van der Waals surface area contributed by atoms with Gasteiger partial charge in [0.25, 0.3) is 5.91 Å². The summed E-state index contributed by atoms with van der Waals surface area (Å²) in [6.07, 6.45) is 3.93. The summed E-state index contributed by atoms with van der Waals surface area (Å²) in [5, 5.41) is 5.58. The number of thiocarbonyl (C=S) groups is 1. The van der Waals surface area contributed by atoms with Crippen molar-refractivity contribution < 1.29 is 17.9 Å². The number of nitrogens with zero attached hydrogens (tertiary/aromatic N) is 1. The van der Waals surface area contributed by atoms with Crippen LogP contribution in [0.3, 0.4) is 0 Å². The Bertz CT molecular complexity index is 1090. The summed E-state index contributed by atoms with van der Waals surface area (Å²) in [5.74, 6) is 0.223. The molecule has 0 aliphatic heterocycles. The van der Waals surface area contributed by atoms with E-state index in [-0.39, 0.29) is 35.1 Å². The molecule has 0 aliphatic rings. The van der Waals surface area contributed by atoms with Crippen molar-refractivity contribution in [1.82, 2.24) is 9.62 Å². The van der Waals surface area contributed by atoms with Crippen LogP contribution in [0.2, 0.25) is 0 Å². The normalized spacial score (nSPS) is 12.0. The molecule has 0 aliphatic carbocycles. The molecule has 0 spiro atoms. The van der Waals surface area contributed by atoms with E-state index < -0.39 is 10.0 Å². The summed E-state index contributed by atoms with van der Waals surface area (Å²) in [6, 6.07) is 12.9. The average Bonchev–Trinajstić information content (AvgIpc) is 2.79. The van der Waals surface area contributed by atoms with Crippen molar-refractivity contribution in [3.05, 3.63) is 79.4 Å². The van der Waals surface area contributed by atoms with Crippen LogP contribution in [0.1, 0.15) is 30.6 Å². The molecule has 2 rings (SSSR count). The lowest BCUT2D eigenvalue weighted by atomic mass is 10.2. The number of carbonyl (C=O) groups is 1. The van der Waals surface area contributed by atoms with Crippen LogP contribution in [0.5, 0.6) is 5.75 Å². The first kappa shape index (κ1) is 26.2. The van der Waals surface area contributed by atoms with E-state index in [4.69, 9.17) is 17.0 Å². The van der Waals surface area contributed by atoms with E-state index in [0.29, 0.717) is 17.0 Å². The molecule has 2 aromatic rings. The Balaban J connectivity index is 2.03. The number of hydrogen-bond acceptors (Lipinski definition) is 5. The van der Waals surface area contributed by atoms with E-state index in [1.807, 2.05) is 13.8 Å². The second-order valence-corrected chi connectivity index (χ2v) is 9.54. The number of rotatable bonds is 11. The van der Waals surface area contributed by atoms with E-state index in [9.17, 15) is 13.2 Å². The van der Waals surface area contributed by atoms with Crippen molar-refractivity contribution >= 4 is 38.9 Å². The quantitative estimate of drug-likeness (QED) is 0.362. The van der Waals surface area contributed by atoms with E-state index >= 15 is 0 Å². The van der Waals surface area contributed by atoms with Gasteiger partial charge in [0.15, 0.2) is 5.11 Å². The summed E-state index contributed by atoms with van der Waals surface area (Å²) >= 11 is 5.23. The molecule has 33 heavy (non-hydrogen) atoms. The van der Waals surface area contributed by atoms with E-state index in [1.165, 1.54) is 28.6 Å². The summed E-state index contributed by atoms with van der Waals surface area (Å²) in [4.78, 5) is 12.7. The highest BCUT2D eigenvalue weighted by Gasteiger charge is 2.22. The van der Waals surface area contributed by atoms with Crippen LogP contribution in [0.15, 0.2) is 78.7 Å². The molecule has 0 heterocycles. The highest BCUT2D eigenvalue weighted by molar-refractivity contribution is 7.89. The summed E-state index contributed by atoms with van der Waals surface area (Å²) in [5.41, 5.74) is 0.943. The Labute approximate surface area is 201 Å². The molecule has 0 bridgehead atoms. The summed E-state index contributed by atoms with van der Waals surface area (Å²) in [7, 11) is -3.69. The number of amides is 1. The number of carbonyl (C=O) groups excluding carboxylic acids is 1. The molecule has 0 fully saturated rings. The van der Waals surface area contributed by atoms with Gasteiger partial charge in [0.2, 0.25) is 10.0 Å². The molecule has 1 unspecified atom stereocenters. The fourth-order valence-electron chi connectivity index (χ4n) is 2.78. The van der Waals surface area contributed by atoms with Crippen molar-refractivity contribution in [3.8, 4) is 5.75 Å². The topological polar surface area (TPSA) is 87.7 Å². The zero-order valence-corrected chi connectivity index (χ0v) is 20.4. The molecule has 1 atom stereocenters. The highest BCUT2D eigenvalue weighted by Crippen LogP contribution is 2.19. The Morgan fingerprint density at radius 3 is 2.36 bits per heavy atom. The van der Waals surface area contributed by atoms with E-state index in [0.717, 1.165) is 6.42 Å². The first-order valence-corrected chi connectivity index (χ1v) is 12.3. The maximum absolute atomic E-state index is 12.8. The minimum absolute atomic E-state index is 0.0402. The van der Waals surface area contributed by atoms with Gasteiger partial charge in [-0.3, -0.25) is 10.1 Å². The standard InChI is InChI=1S/C24H29N3O4S2/c1-5-15-27(16-6-2)33(29,30)22-13-11-20(12-14-22)25-24(32)26-23(28)19-9-8-10-21(17-19)31-18(4)7-3/h5-6,8-14,17-18H,1-2,7,15-16H2,3-4H3,(H2,25,26,28,32). The van der Waals surface area contributed by atoms with Gasteiger partial charge >= 0.3 is 0 Å². The van der Waals surface area contributed by atoms with Gasteiger partial charge in [-0.2, -0.15) is 4.31 Å². The second-order valence-electron chi connectivity index (χ2n) is 7.20. The molecule has 1 amide bonds. The molecule has 2 aromatic carbocycles. The molecular weight excluding hydrogens is 458 g/mol. The smallest absolute Gasteiger partial charge is 0.257 e.